The van der Waals surface area contributed by atoms with Crippen molar-refractivity contribution < 1.29 is 8.42 Å². The second kappa shape index (κ2) is 9.44. The highest BCUT2D eigenvalue weighted by Gasteiger charge is 2.10. The maximum absolute atomic E-state index is 12.2. The van der Waals surface area contributed by atoms with Crippen LogP contribution in [0.1, 0.15) is 17.0 Å². The Morgan fingerprint density at radius 3 is 2.41 bits per heavy atom. The van der Waals surface area contributed by atoms with Gasteiger partial charge >= 0.3 is 0 Å². The molecule has 0 bridgehead atoms. The smallest absolute Gasteiger partial charge is 0.215 e. The zero-order chi connectivity index (χ0) is 20.7. The lowest BCUT2D eigenvalue weighted by molar-refractivity contribution is 0.582. The number of rotatable bonds is 9. The first-order valence-corrected chi connectivity index (χ1v) is 10.9. The van der Waals surface area contributed by atoms with Crippen LogP contribution in [0.25, 0.3) is 0 Å². The summed E-state index contributed by atoms with van der Waals surface area (Å²) in [6.45, 7) is 4.43. The minimum absolute atomic E-state index is 0.0436. The van der Waals surface area contributed by atoms with E-state index in [0.29, 0.717) is 29.8 Å². The fraction of sp³-hybridized carbons (Fsp3) is 0.250. The SMILES string of the molecule is Cc1ccnc(Nc2cc(NCCNS(=O)(=O)Cc3ccccc3)nc(C)n2)c1. The van der Waals surface area contributed by atoms with Crippen LogP contribution in [-0.4, -0.2) is 36.5 Å². The summed E-state index contributed by atoms with van der Waals surface area (Å²) in [5.74, 6) is 2.47. The third-order valence-corrected chi connectivity index (χ3v) is 5.32. The number of hydrogen-bond acceptors (Lipinski definition) is 7. The van der Waals surface area contributed by atoms with Gasteiger partial charge in [-0.2, -0.15) is 0 Å². The molecule has 0 aliphatic heterocycles. The summed E-state index contributed by atoms with van der Waals surface area (Å²) in [7, 11) is -3.39. The van der Waals surface area contributed by atoms with Crippen LogP contribution >= 0.6 is 0 Å². The second-order valence-corrected chi connectivity index (χ2v) is 8.40. The van der Waals surface area contributed by atoms with E-state index >= 15 is 0 Å². The molecule has 0 atom stereocenters. The first-order valence-electron chi connectivity index (χ1n) is 9.20. The van der Waals surface area contributed by atoms with Crippen molar-refractivity contribution in [2.24, 2.45) is 0 Å². The summed E-state index contributed by atoms with van der Waals surface area (Å²) in [4.78, 5) is 13.0. The van der Waals surface area contributed by atoms with Crippen LogP contribution in [0.15, 0.2) is 54.7 Å². The quantitative estimate of drug-likeness (QED) is 0.464. The lowest BCUT2D eigenvalue weighted by Gasteiger charge is -2.11. The Balaban J connectivity index is 1.53. The van der Waals surface area contributed by atoms with Crippen LogP contribution in [0.3, 0.4) is 0 Å². The molecule has 0 fully saturated rings. The molecule has 3 aromatic rings. The Morgan fingerprint density at radius 2 is 1.66 bits per heavy atom. The number of pyridine rings is 1. The first kappa shape index (κ1) is 20.7. The van der Waals surface area contributed by atoms with E-state index in [4.69, 9.17) is 0 Å². The summed E-state index contributed by atoms with van der Waals surface area (Å²) >= 11 is 0. The number of nitrogens with one attached hydrogen (secondary N) is 3. The molecule has 0 aliphatic carbocycles. The molecule has 0 amide bonds. The van der Waals surface area contributed by atoms with Gasteiger partial charge in [-0.1, -0.05) is 30.3 Å². The first-order chi connectivity index (χ1) is 13.9. The molecule has 0 saturated heterocycles. The summed E-state index contributed by atoms with van der Waals surface area (Å²) < 4.78 is 26.9. The van der Waals surface area contributed by atoms with Crippen LogP contribution < -0.4 is 15.4 Å². The Hall–Kier alpha value is -3.04. The van der Waals surface area contributed by atoms with E-state index in [1.165, 1.54) is 0 Å². The molecule has 1 aromatic carbocycles. The normalized spacial score (nSPS) is 11.2. The molecular formula is C20H24N6O2S. The van der Waals surface area contributed by atoms with Crippen LogP contribution in [-0.2, 0) is 15.8 Å². The minimum atomic E-state index is -3.39. The number of aryl methyl sites for hydroxylation is 2. The molecule has 0 unspecified atom stereocenters. The predicted octanol–water partition coefficient (Wildman–Crippen LogP) is 2.76. The van der Waals surface area contributed by atoms with Crippen molar-refractivity contribution in [1.29, 1.82) is 0 Å². The van der Waals surface area contributed by atoms with Gasteiger partial charge in [-0.15, -0.1) is 0 Å². The van der Waals surface area contributed by atoms with Crippen LogP contribution in [0.2, 0.25) is 0 Å². The van der Waals surface area contributed by atoms with Crippen molar-refractivity contribution in [3.8, 4) is 0 Å². The highest BCUT2D eigenvalue weighted by atomic mass is 32.2. The fourth-order valence-corrected chi connectivity index (χ4v) is 3.85. The molecule has 29 heavy (non-hydrogen) atoms. The van der Waals surface area contributed by atoms with E-state index in [1.54, 1.807) is 31.3 Å². The highest BCUT2D eigenvalue weighted by Crippen LogP contribution is 2.16. The number of aromatic nitrogens is 3. The van der Waals surface area contributed by atoms with Gasteiger partial charge < -0.3 is 10.6 Å². The molecule has 152 valence electrons. The standard InChI is InChI=1S/C20H24N6O2S/c1-15-8-9-21-18(12-15)26-20-13-19(24-16(2)25-20)22-10-11-23-29(27,28)14-17-6-4-3-5-7-17/h3-9,12-13,23H,10-11,14H2,1-2H3,(H2,21,22,24,25,26). The van der Waals surface area contributed by atoms with Gasteiger partial charge in [-0.25, -0.2) is 28.1 Å². The number of nitrogens with zero attached hydrogens (tertiary/aromatic N) is 3. The summed E-state index contributed by atoms with van der Waals surface area (Å²) in [6.07, 6.45) is 1.73. The Labute approximate surface area is 170 Å². The van der Waals surface area contributed by atoms with Gasteiger partial charge in [-0.05, 0) is 37.1 Å². The van der Waals surface area contributed by atoms with Crippen molar-refractivity contribution >= 4 is 27.5 Å². The van der Waals surface area contributed by atoms with E-state index in [9.17, 15) is 8.42 Å². The molecule has 0 aliphatic rings. The van der Waals surface area contributed by atoms with Crippen molar-refractivity contribution in [3.63, 3.8) is 0 Å². The topological polar surface area (TPSA) is 109 Å². The van der Waals surface area contributed by atoms with Crippen LogP contribution in [0, 0.1) is 13.8 Å². The molecule has 8 nitrogen and oxygen atoms in total. The van der Waals surface area contributed by atoms with E-state index < -0.39 is 10.0 Å². The Bertz CT molecular complexity index is 1060. The second-order valence-electron chi connectivity index (χ2n) is 6.59. The Kier molecular flexibility index (Phi) is 6.73. The third kappa shape index (κ3) is 6.81. The molecule has 2 aromatic heterocycles. The van der Waals surface area contributed by atoms with Gasteiger partial charge in [0, 0.05) is 25.4 Å². The van der Waals surface area contributed by atoms with E-state index in [1.807, 2.05) is 37.3 Å². The molecule has 3 N–H and O–H groups in total. The summed E-state index contributed by atoms with van der Waals surface area (Å²) in [5, 5.41) is 6.28. The van der Waals surface area contributed by atoms with Gasteiger partial charge in [0.15, 0.2) is 0 Å². The van der Waals surface area contributed by atoms with E-state index in [-0.39, 0.29) is 12.3 Å². The van der Waals surface area contributed by atoms with Crippen molar-refractivity contribution in [2.45, 2.75) is 19.6 Å². The predicted molar refractivity (Wildman–Crippen MR) is 115 cm³/mol. The maximum atomic E-state index is 12.2. The van der Waals surface area contributed by atoms with E-state index in [0.717, 1.165) is 11.1 Å². The molecule has 2 heterocycles. The van der Waals surface area contributed by atoms with Crippen LogP contribution in [0.5, 0.6) is 0 Å². The lowest BCUT2D eigenvalue weighted by atomic mass is 10.2. The van der Waals surface area contributed by atoms with Gasteiger partial charge in [0.25, 0.3) is 0 Å². The molecule has 9 heteroatoms. The number of sulfonamides is 1. The van der Waals surface area contributed by atoms with Gasteiger partial charge in [-0.3, -0.25) is 0 Å². The lowest BCUT2D eigenvalue weighted by Crippen LogP contribution is -2.30. The van der Waals surface area contributed by atoms with E-state index in [2.05, 4.69) is 30.3 Å². The largest absolute Gasteiger partial charge is 0.369 e. The average Bonchev–Trinajstić information content (AvgIpc) is 2.65. The van der Waals surface area contributed by atoms with Gasteiger partial charge in [0.05, 0.1) is 5.75 Å². The summed E-state index contributed by atoms with van der Waals surface area (Å²) in [5.41, 5.74) is 1.84. The zero-order valence-corrected chi connectivity index (χ0v) is 17.2. The highest BCUT2D eigenvalue weighted by molar-refractivity contribution is 7.88. The molecule has 0 spiro atoms. The average molecular weight is 413 g/mol. The monoisotopic (exact) mass is 412 g/mol. The maximum Gasteiger partial charge on any atom is 0.215 e. The minimum Gasteiger partial charge on any atom is -0.369 e. The van der Waals surface area contributed by atoms with Crippen molar-refractivity contribution in [3.05, 3.63) is 71.7 Å². The number of benzene rings is 1. The molecule has 0 saturated carbocycles. The number of anilines is 3. The van der Waals surface area contributed by atoms with Crippen molar-refractivity contribution in [2.75, 3.05) is 23.7 Å². The fourth-order valence-electron chi connectivity index (χ4n) is 2.70. The molecule has 0 radical (unpaired) electrons. The molecular weight excluding hydrogens is 388 g/mol. The number of hydrogen-bond donors (Lipinski definition) is 3. The van der Waals surface area contributed by atoms with Gasteiger partial charge in [0.2, 0.25) is 10.0 Å². The zero-order valence-electron chi connectivity index (χ0n) is 16.4. The van der Waals surface area contributed by atoms with Crippen LogP contribution in [0.4, 0.5) is 17.5 Å². The molecule has 3 rings (SSSR count). The van der Waals surface area contributed by atoms with Gasteiger partial charge in [0.1, 0.15) is 23.3 Å². The third-order valence-electron chi connectivity index (χ3n) is 3.96. The van der Waals surface area contributed by atoms with Crippen molar-refractivity contribution in [1.82, 2.24) is 19.7 Å². The summed E-state index contributed by atoms with van der Waals surface area (Å²) in [6, 6.07) is 14.7. The Morgan fingerprint density at radius 1 is 0.897 bits per heavy atom.